The van der Waals surface area contributed by atoms with E-state index in [1.54, 1.807) is 18.2 Å². The summed E-state index contributed by atoms with van der Waals surface area (Å²) in [4.78, 5) is 34.8. The van der Waals surface area contributed by atoms with Gasteiger partial charge in [-0.15, -0.1) is 0 Å². The van der Waals surface area contributed by atoms with Gasteiger partial charge in [-0.3, -0.25) is 14.4 Å². The van der Waals surface area contributed by atoms with Gasteiger partial charge in [0.2, 0.25) is 10.9 Å². The van der Waals surface area contributed by atoms with Crippen molar-refractivity contribution in [1.29, 1.82) is 0 Å². The maximum atomic E-state index is 11.8. The third-order valence-electron chi connectivity index (χ3n) is 3.95. The van der Waals surface area contributed by atoms with Crippen LogP contribution in [-0.4, -0.2) is 6.61 Å². The lowest BCUT2D eigenvalue weighted by molar-refractivity contribution is 0.357. The number of benzene rings is 2. The highest BCUT2D eigenvalue weighted by Crippen LogP contribution is 2.31. The van der Waals surface area contributed by atoms with E-state index in [2.05, 4.69) is 0 Å². The molecule has 0 aromatic heterocycles. The molecule has 1 aliphatic rings. The zero-order valence-electron chi connectivity index (χ0n) is 11.0. The van der Waals surface area contributed by atoms with E-state index < -0.39 is 16.3 Å². The minimum absolute atomic E-state index is 0.198. The molecule has 3 aromatic carbocycles. The van der Waals surface area contributed by atoms with Crippen LogP contribution in [0, 0.1) is 0 Å². The van der Waals surface area contributed by atoms with Crippen LogP contribution in [-0.2, 0) is 6.42 Å². The molecule has 0 unspecified atom stereocenters. The quantitative estimate of drug-likeness (QED) is 0.631. The second-order valence-corrected chi connectivity index (χ2v) is 5.17. The molecule has 0 saturated carbocycles. The van der Waals surface area contributed by atoms with Gasteiger partial charge in [-0.25, -0.2) is 0 Å². The lowest BCUT2D eigenvalue weighted by Crippen LogP contribution is -2.29. The Labute approximate surface area is 118 Å². The molecule has 0 atom stereocenters. The third-order valence-corrected chi connectivity index (χ3v) is 3.95. The molecule has 4 nitrogen and oxygen atoms in total. The monoisotopic (exact) mass is 278 g/mol. The van der Waals surface area contributed by atoms with Gasteiger partial charge in [0.05, 0.1) is 6.61 Å². The molecular formula is C17H10O4. The topological polar surface area (TPSA) is 60.4 Å². The Morgan fingerprint density at radius 1 is 0.762 bits per heavy atom. The highest BCUT2D eigenvalue weighted by molar-refractivity contribution is 5.88. The average molecular weight is 278 g/mol. The molecule has 0 aliphatic carbocycles. The fourth-order valence-electron chi connectivity index (χ4n) is 2.80. The Morgan fingerprint density at radius 3 is 2.33 bits per heavy atom. The van der Waals surface area contributed by atoms with E-state index in [1.165, 1.54) is 5.56 Å². The lowest BCUT2D eigenvalue weighted by atomic mass is 10.0. The molecular weight excluding hydrogens is 268 g/mol. The van der Waals surface area contributed by atoms with Crippen LogP contribution in [0.15, 0.2) is 50.8 Å². The van der Waals surface area contributed by atoms with E-state index in [0.717, 1.165) is 23.3 Å². The molecule has 4 rings (SSSR count). The molecule has 0 amide bonds. The molecule has 3 aromatic rings. The summed E-state index contributed by atoms with van der Waals surface area (Å²) >= 11 is 0. The summed E-state index contributed by atoms with van der Waals surface area (Å²) in [5.74, 6) is 0.853. The first-order valence-corrected chi connectivity index (χ1v) is 6.68. The standard InChI is InChI=1S/C17H10O4/c18-15-12-4-3-10(7-13(12)16(19)17(15)20)11-2-1-9-5-6-21-14(9)8-11/h1-4,7-8H,5-6H2. The molecule has 0 N–H and O–H groups in total. The van der Waals surface area contributed by atoms with Gasteiger partial charge in [-0.2, -0.15) is 0 Å². The van der Waals surface area contributed by atoms with Gasteiger partial charge >= 0.3 is 0 Å². The Hall–Kier alpha value is -2.75. The summed E-state index contributed by atoms with van der Waals surface area (Å²) in [7, 11) is 0. The van der Waals surface area contributed by atoms with E-state index in [9.17, 15) is 14.4 Å². The van der Waals surface area contributed by atoms with Crippen molar-refractivity contribution < 1.29 is 4.74 Å². The van der Waals surface area contributed by atoms with E-state index in [-0.39, 0.29) is 10.8 Å². The van der Waals surface area contributed by atoms with Gasteiger partial charge in [0.15, 0.2) is 0 Å². The molecule has 0 saturated heterocycles. The van der Waals surface area contributed by atoms with Crippen molar-refractivity contribution in [2.45, 2.75) is 6.42 Å². The number of hydrogen-bond acceptors (Lipinski definition) is 4. The van der Waals surface area contributed by atoms with E-state index in [4.69, 9.17) is 4.74 Å². The van der Waals surface area contributed by atoms with Crippen molar-refractivity contribution in [3.05, 3.63) is 72.6 Å². The molecule has 102 valence electrons. The number of rotatable bonds is 1. The van der Waals surface area contributed by atoms with Gasteiger partial charge in [-0.05, 0) is 34.9 Å². The predicted octanol–water partition coefficient (Wildman–Crippen LogP) is 1.40. The smallest absolute Gasteiger partial charge is 0.273 e. The molecule has 0 spiro atoms. The van der Waals surface area contributed by atoms with E-state index >= 15 is 0 Å². The minimum Gasteiger partial charge on any atom is -0.493 e. The summed E-state index contributed by atoms with van der Waals surface area (Å²) in [6.45, 7) is 0.685. The molecule has 1 aliphatic heterocycles. The zero-order chi connectivity index (χ0) is 14.6. The van der Waals surface area contributed by atoms with Crippen molar-refractivity contribution in [3.8, 4) is 16.9 Å². The maximum absolute atomic E-state index is 11.8. The van der Waals surface area contributed by atoms with Crippen molar-refractivity contribution in [3.63, 3.8) is 0 Å². The summed E-state index contributed by atoms with van der Waals surface area (Å²) in [6.07, 6.45) is 0.904. The molecule has 0 bridgehead atoms. The first-order chi connectivity index (χ1) is 10.1. The van der Waals surface area contributed by atoms with Crippen LogP contribution < -0.4 is 21.0 Å². The molecule has 4 heteroatoms. The largest absolute Gasteiger partial charge is 0.493 e. The van der Waals surface area contributed by atoms with Crippen molar-refractivity contribution in [1.82, 2.24) is 0 Å². The predicted molar refractivity (Wildman–Crippen MR) is 79.8 cm³/mol. The summed E-state index contributed by atoms with van der Waals surface area (Å²) in [5, 5.41) is 0.398. The Morgan fingerprint density at radius 2 is 1.48 bits per heavy atom. The highest BCUT2D eigenvalue weighted by Gasteiger charge is 2.15. The number of fused-ring (bicyclic) bond motifs is 2. The summed E-state index contributed by atoms with van der Waals surface area (Å²) < 4.78 is 5.53. The minimum atomic E-state index is -0.945. The average Bonchev–Trinajstić information content (AvgIpc) is 3.06. The maximum Gasteiger partial charge on any atom is 0.273 e. The highest BCUT2D eigenvalue weighted by atomic mass is 16.5. The van der Waals surface area contributed by atoms with Gasteiger partial charge in [0.25, 0.3) is 5.43 Å². The summed E-state index contributed by atoms with van der Waals surface area (Å²) in [5.41, 5.74) is 0.495. The molecule has 0 radical (unpaired) electrons. The van der Waals surface area contributed by atoms with Crippen LogP contribution >= 0.6 is 0 Å². The molecule has 21 heavy (non-hydrogen) atoms. The number of ether oxygens (including phenoxy) is 1. The van der Waals surface area contributed by atoms with Crippen LogP contribution in [0.4, 0.5) is 0 Å². The second-order valence-electron chi connectivity index (χ2n) is 5.17. The first kappa shape index (κ1) is 12.0. The summed E-state index contributed by atoms with van der Waals surface area (Å²) in [6, 6.07) is 10.8. The SMILES string of the molecule is O=c1c(=O)c2ccc(-c3ccc4c(c3)OCC4)cc2c1=O. The fraction of sp³-hybridized carbons (Fsp3) is 0.118. The third kappa shape index (κ3) is 1.65. The molecule has 0 fully saturated rings. The van der Waals surface area contributed by atoms with Crippen molar-refractivity contribution >= 4 is 10.8 Å². The van der Waals surface area contributed by atoms with Crippen LogP contribution in [0.25, 0.3) is 21.9 Å². The van der Waals surface area contributed by atoms with Gasteiger partial charge in [-0.1, -0.05) is 18.2 Å². The number of hydrogen-bond donors (Lipinski definition) is 0. The van der Waals surface area contributed by atoms with Crippen LogP contribution in [0.1, 0.15) is 5.56 Å². The first-order valence-electron chi connectivity index (χ1n) is 6.68. The molecule has 1 heterocycles. The Kier molecular flexibility index (Phi) is 2.36. The van der Waals surface area contributed by atoms with Gasteiger partial charge in [0.1, 0.15) is 5.75 Å². The Bertz CT molecular complexity index is 1020. The van der Waals surface area contributed by atoms with E-state index in [0.29, 0.717) is 6.61 Å². The van der Waals surface area contributed by atoms with Crippen LogP contribution in [0.2, 0.25) is 0 Å². The van der Waals surface area contributed by atoms with E-state index in [1.807, 2.05) is 18.2 Å². The normalized spacial score (nSPS) is 13.3. The fourth-order valence-corrected chi connectivity index (χ4v) is 2.80. The van der Waals surface area contributed by atoms with Gasteiger partial charge in [0, 0.05) is 17.2 Å². The lowest BCUT2D eigenvalue weighted by Gasteiger charge is -2.05. The second kappa shape index (κ2) is 4.12. The Balaban J connectivity index is 1.95. The van der Waals surface area contributed by atoms with Crippen molar-refractivity contribution in [2.24, 2.45) is 0 Å². The van der Waals surface area contributed by atoms with Crippen LogP contribution in [0.3, 0.4) is 0 Å². The van der Waals surface area contributed by atoms with Crippen molar-refractivity contribution in [2.75, 3.05) is 6.61 Å². The van der Waals surface area contributed by atoms with Gasteiger partial charge < -0.3 is 4.74 Å². The zero-order valence-corrected chi connectivity index (χ0v) is 11.0. The van der Waals surface area contributed by atoms with Crippen LogP contribution in [0.5, 0.6) is 5.75 Å².